The van der Waals surface area contributed by atoms with Crippen LogP contribution in [-0.4, -0.2) is 57.4 Å². The van der Waals surface area contributed by atoms with Gasteiger partial charge in [0.15, 0.2) is 11.0 Å². The van der Waals surface area contributed by atoms with Crippen LogP contribution >= 0.6 is 11.8 Å². The molecule has 3 rings (SSSR count). The minimum atomic E-state index is -0.665. The highest BCUT2D eigenvalue weighted by atomic mass is 32.2. The van der Waals surface area contributed by atoms with E-state index in [0.717, 1.165) is 11.8 Å². The average Bonchev–Trinajstić information content (AvgIpc) is 2.99. The van der Waals surface area contributed by atoms with E-state index in [0.29, 0.717) is 24.1 Å². The largest absolute Gasteiger partial charge is 0.384 e. The van der Waals surface area contributed by atoms with Crippen molar-refractivity contribution in [1.29, 1.82) is 0 Å². The molecule has 10 heteroatoms. The molecule has 0 radical (unpaired) electrons. The van der Waals surface area contributed by atoms with Crippen molar-refractivity contribution in [2.45, 2.75) is 18.6 Å². The quantitative estimate of drug-likeness (QED) is 0.690. The summed E-state index contributed by atoms with van der Waals surface area (Å²) < 4.78 is 19.2. The number of nitrogens with one attached hydrogen (secondary N) is 1. The van der Waals surface area contributed by atoms with E-state index in [9.17, 15) is 14.0 Å². The Hall–Kier alpha value is -2.85. The lowest BCUT2D eigenvalue weighted by Crippen LogP contribution is -2.37. The van der Waals surface area contributed by atoms with Gasteiger partial charge < -0.3 is 10.1 Å². The molecule has 0 aliphatic carbocycles. The third-order valence-corrected chi connectivity index (χ3v) is 5.41. The van der Waals surface area contributed by atoms with Crippen molar-refractivity contribution in [3.05, 3.63) is 48.7 Å². The standard InChI is InChI=1S/C20H22FN5O3S/c1-13(12-29-2)11-26-19(28)16(9-18(27)25-17-10-22-7-8-23-17)30-20(26)24-15-6-4-3-5-14(15)21/h3-8,10,13,16H,9,11-12H2,1-2H3,(H,23,25,27). The number of hydrogen-bond donors (Lipinski definition) is 1. The Morgan fingerprint density at radius 2 is 2.20 bits per heavy atom. The van der Waals surface area contributed by atoms with E-state index < -0.39 is 11.1 Å². The van der Waals surface area contributed by atoms with E-state index in [4.69, 9.17) is 4.74 Å². The molecule has 2 unspecified atom stereocenters. The van der Waals surface area contributed by atoms with Crippen LogP contribution in [0.5, 0.6) is 0 Å². The van der Waals surface area contributed by atoms with Crippen molar-refractivity contribution in [3.63, 3.8) is 0 Å². The summed E-state index contributed by atoms with van der Waals surface area (Å²) in [6.07, 6.45) is 4.32. The molecule has 1 aromatic carbocycles. The Morgan fingerprint density at radius 1 is 1.40 bits per heavy atom. The molecule has 30 heavy (non-hydrogen) atoms. The molecule has 0 spiro atoms. The number of para-hydroxylation sites is 1. The Labute approximate surface area is 178 Å². The van der Waals surface area contributed by atoms with Gasteiger partial charge in [-0.3, -0.25) is 19.5 Å². The van der Waals surface area contributed by atoms with Crippen molar-refractivity contribution in [1.82, 2.24) is 14.9 Å². The lowest BCUT2D eigenvalue weighted by Gasteiger charge is -2.20. The minimum absolute atomic E-state index is 0.0394. The number of ether oxygens (including phenoxy) is 1. The first-order valence-corrected chi connectivity index (χ1v) is 10.2. The van der Waals surface area contributed by atoms with Crippen molar-refractivity contribution < 1.29 is 18.7 Å². The fraction of sp³-hybridized carbons (Fsp3) is 0.350. The highest BCUT2D eigenvalue weighted by Crippen LogP contribution is 2.33. The maximum absolute atomic E-state index is 14.1. The highest BCUT2D eigenvalue weighted by Gasteiger charge is 2.39. The van der Waals surface area contributed by atoms with Crippen molar-refractivity contribution in [2.75, 3.05) is 25.6 Å². The van der Waals surface area contributed by atoms with Crippen LogP contribution in [0.15, 0.2) is 47.8 Å². The molecular weight excluding hydrogens is 409 g/mol. The molecule has 2 amide bonds. The number of carbonyl (C=O) groups is 2. The molecule has 0 bridgehead atoms. The zero-order valence-corrected chi connectivity index (χ0v) is 17.4. The predicted molar refractivity (Wildman–Crippen MR) is 113 cm³/mol. The number of anilines is 1. The summed E-state index contributed by atoms with van der Waals surface area (Å²) in [6, 6.07) is 6.10. The Morgan fingerprint density at radius 3 is 2.90 bits per heavy atom. The molecule has 0 saturated carbocycles. The van der Waals surface area contributed by atoms with E-state index in [2.05, 4.69) is 20.3 Å². The summed E-state index contributed by atoms with van der Waals surface area (Å²) in [6.45, 7) is 2.75. The molecule has 1 aromatic heterocycles. The van der Waals surface area contributed by atoms with Gasteiger partial charge in [-0.2, -0.15) is 0 Å². The highest BCUT2D eigenvalue weighted by molar-refractivity contribution is 8.15. The second kappa shape index (κ2) is 10.3. The first kappa shape index (κ1) is 21.8. The molecule has 1 saturated heterocycles. The van der Waals surface area contributed by atoms with E-state index in [1.807, 2.05) is 6.92 Å². The Bertz CT molecular complexity index is 928. The zero-order chi connectivity index (χ0) is 21.5. The Kier molecular flexibility index (Phi) is 7.47. The van der Waals surface area contributed by atoms with Gasteiger partial charge in [-0.25, -0.2) is 14.4 Å². The molecule has 1 N–H and O–H groups in total. The van der Waals surface area contributed by atoms with Gasteiger partial charge >= 0.3 is 0 Å². The number of thioether (sulfide) groups is 1. The maximum atomic E-state index is 14.1. The number of methoxy groups -OCH3 is 1. The predicted octanol–water partition coefficient (Wildman–Crippen LogP) is 2.86. The smallest absolute Gasteiger partial charge is 0.242 e. The first-order chi connectivity index (χ1) is 14.5. The normalized spacial score (nSPS) is 18.6. The van der Waals surface area contributed by atoms with Crippen molar-refractivity contribution in [3.8, 4) is 0 Å². The van der Waals surface area contributed by atoms with Gasteiger partial charge in [0, 0.05) is 32.5 Å². The number of aromatic nitrogens is 2. The van der Waals surface area contributed by atoms with E-state index >= 15 is 0 Å². The van der Waals surface area contributed by atoms with Crippen LogP contribution in [0.3, 0.4) is 0 Å². The molecule has 8 nitrogen and oxygen atoms in total. The number of carbonyl (C=O) groups excluding carboxylic acids is 2. The SMILES string of the molecule is COCC(C)CN1C(=O)C(CC(=O)Nc2cnccn2)SC1=Nc1ccccc1F. The number of rotatable bonds is 8. The van der Waals surface area contributed by atoms with Gasteiger partial charge in [-0.05, 0) is 18.1 Å². The number of amides is 2. The molecule has 1 fully saturated rings. The zero-order valence-electron chi connectivity index (χ0n) is 16.6. The fourth-order valence-corrected chi connectivity index (χ4v) is 4.07. The Balaban J connectivity index is 1.78. The van der Waals surface area contributed by atoms with Gasteiger partial charge in [0.05, 0.1) is 12.8 Å². The maximum Gasteiger partial charge on any atom is 0.242 e. The van der Waals surface area contributed by atoms with Crippen LogP contribution in [0.25, 0.3) is 0 Å². The van der Waals surface area contributed by atoms with E-state index in [1.54, 1.807) is 19.2 Å². The van der Waals surface area contributed by atoms with Crippen LogP contribution in [0.4, 0.5) is 15.9 Å². The summed E-state index contributed by atoms with van der Waals surface area (Å²) in [7, 11) is 1.59. The lowest BCUT2D eigenvalue weighted by atomic mass is 10.1. The number of amidine groups is 1. The van der Waals surface area contributed by atoms with Gasteiger partial charge in [0.1, 0.15) is 16.8 Å². The average molecular weight is 431 g/mol. The third-order valence-electron chi connectivity index (χ3n) is 4.24. The minimum Gasteiger partial charge on any atom is -0.384 e. The summed E-state index contributed by atoms with van der Waals surface area (Å²) in [5.41, 5.74) is 0.141. The number of nitrogens with zero attached hydrogens (tertiary/aromatic N) is 4. The third kappa shape index (κ3) is 5.61. The van der Waals surface area contributed by atoms with Crippen LogP contribution < -0.4 is 5.32 Å². The molecule has 2 aromatic rings. The van der Waals surface area contributed by atoms with Crippen LogP contribution in [0.1, 0.15) is 13.3 Å². The fourth-order valence-electron chi connectivity index (χ4n) is 2.91. The van der Waals surface area contributed by atoms with Crippen molar-refractivity contribution >= 4 is 40.2 Å². The molecule has 1 aliphatic heterocycles. The number of benzene rings is 1. The summed E-state index contributed by atoms with van der Waals surface area (Å²) >= 11 is 1.15. The summed E-state index contributed by atoms with van der Waals surface area (Å²) in [5.74, 6) is -0.737. The molecule has 2 atom stereocenters. The van der Waals surface area contributed by atoms with Gasteiger partial charge in [-0.1, -0.05) is 30.8 Å². The molecule has 2 heterocycles. The molecule has 1 aliphatic rings. The van der Waals surface area contributed by atoms with E-state index in [-0.39, 0.29) is 29.8 Å². The van der Waals surface area contributed by atoms with Crippen LogP contribution in [-0.2, 0) is 14.3 Å². The van der Waals surface area contributed by atoms with Gasteiger partial charge in [0.2, 0.25) is 11.8 Å². The second-order valence-electron chi connectivity index (χ2n) is 6.80. The van der Waals surface area contributed by atoms with Crippen molar-refractivity contribution in [2.24, 2.45) is 10.9 Å². The summed E-state index contributed by atoms with van der Waals surface area (Å²) in [4.78, 5) is 39.1. The van der Waals surface area contributed by atoms with Crippen LogP contribution in [0, 0.1) is 11.7 Å². The molecular formula is C20H22FN5O3S. The first-order valence-electron chi connectivity index (χ1n) is 9.34. The number of aliphatic imine (C=N–C) groups is 1. The number of hydrogen-bond acceptors (Lipinski definition) is 7. The number of halogens is 1. The lowest BCUT2D eigenvalue weighted by molar-refractivity contribution is -0.128. The summed E-state index contributed by atoms with van der Waals surface area (Å²) in [5, 5.41) is 2.32. The van der Waals surface area contributed by atoms with Crippen LogP contribution in [0.2, 0.25) is 0 Å². The topological polar surface area (TPSA) is 96.8 Å². The molecule has 158 valence electrons. The van der Waals surface area contributed by atoms with E-state index in [1.165, 1.54) is 35.6 Å². The van der Waals surface area contributed by atoms with Gasteiger partial charge in [0.25, 0.3) is 0 Å². The second-order valence-corrected chi connectivity index (χ2v) is 7.97. The van der Waals surface area contributed by atoms with Gasteiger partial charge in [-0.15, -0.1) is 0 Å². The monoisotopic (exact) mass is 431 g/mol.